The molecular weight excluding hydrogens is 427 g/mol. The van der Waals surface area contributed by atoms with E-state index in [-0.39, 0.29) is 34.1 Å². The Bertz CT molecular complexity index is 1060. The van der Waals surface area contributed by atoms with Gasteiger partial charge in [-0.25, -0.2) is 9.55 Å². The molecule has 0 spiro atoms. The van der Waals surface area contributed by atoms with Gasteiger partial charge in [0.1, 0.15) is 5.75 Å². The highest BCUT2D eigenvalue weighted by Crippen LogP contribution is 2.40. The van der Waals surface area contributed by atoms with Gasteiger partial charge in [-0.05, 0) is 52.0 Å². The fourth-order valence-corrected chi connectivity index (χ4v) is 2.73. The second-order valence-electron chi connectivity index (χ2n) is 7.59. The van der Waals surface area contributed by atoms with Crippen LogP contribution >= 0.6 is 7.82 Å². The van der Waals surface area contributed by atoms with Crippen LogP contribution in [0, 0.1) is 6.92 Å². The Hall–Kier alpha value is -2.98. The molecule has 4 N–H and O–H groups in total. The van der Waals surface area contributed by atoms with E-state index in [1.807, 2.05) is 20.8 Å². The molecule has 0 unspecified atom stereocenters. The molecule has 31 heavy (non-hydrogen) atoms. The van der Waals surface area contributed by atoms with Crippen LogP contribution in [0.25, 0.3) is 0 Å². The van der Waals surface area contributed by atoms with Crippen molar-refractivity contribution in [1.82, 2.24) is 10.3 Å². The molecule has 2 rings (SSSR count). The molecule has 0 saturated heterocycles. The van der Waals surface area contributed by atoms with E-state index >= 15 is 0 Å². The molecular formula is C19H23N4O7P. The highest BCUT2D eigenvalue weighted by Gasteiger charge is 2.22. The van der Waals surface area contributed by atoms with E-state index in [0.717, 1.165) is 0 Å². The standard InChI is InChI=1S/C19H23N4O7P/c1-11-16(25)14(9-24)15(10-30-31(27,28)29)17(20-11)23-22-13-7-5-12(6-8-13)18(26)21-19(2,3)4/h5-9,25H,10H2,1-4H3,(H,21,26)(H2,27,28,29). The lowest BCUT2D eigenvalue weighted by Crippen LogP contribution is -2.40. The fourth-order valence-electron chi connectivity index (χ4n) is 2.44. The summed E-state index contributed by atoms with van der Waals surface area (Å²) in [6.07, 6.45) is 0.310. The Labute approximate surface area is 178 Å². The van der Waals surface area contributed by atoms with Gasteiger partial charge in [0.25, 0.3) is 5.91 Å². The van der Waals surface area contributed by atoms with Crippen LogP contribution in [0.15, 0.2) is 34.5 Å². The average Bonchev–Trinajstić information content (AvgIpc) is 2.65. The predicted octanol–water partition coefficient (Wildman–Crippen LogP) is 3.46. The molecule has 0 aliphatic heterocycles. The number of aromatic hydroxyl groups is 1. The van der Waals surface area contributed by atoms with Crippen LogP contribution in [-0.4, -0.2) is 37.6 Å². The molecule has 1 aromatic carbocycles. The Morgan fingerprint density at radius 2 is 1.84 bits per heavy atom. The molecule has 0 aliphatic carbocycles. The van der Waals surface area contributed by atoms with Gasteiger partial charge in [-0.15, -0.1) is 10.2 Å². The number of phosphoric ester groups is 1. The lowest BCUT2D eigenvalue weighted by Gasteiger charge is -2.20. The number of nitrogens with zero attached hydrogens (tertiary/aromatic N) is 3. The molecule has 0 fully saturated rings. The number of carbonyl (C=O) groups excluding carboxylic acids is 2. The number of hydrogen-bond donors (Lipinski definition) is 4. The summed E-state index contributed by atoms with van der Waals surface area (Å²) in [5.74, 6) is -0.854. The first-order valence-corrected chi connectivity index (χ1v) is 10.6. The van der Waals surface area contributed by atoms with Crippen molar-refractivity contribution in [2.24, 2.45) is 10.2 Å². The maximum absolute atomic E-state index is 12.2. The predicted molar refractivity (Wildman–Crippen MR) is 111 cm³/mol. The van der Waals surface area contributed by atoms with Gasteiger partial charge in [-0.1, -0.05) is 0 Å². The third kappa shape index (κ3) is 7.04. The van der Waals surface area contributed by atoms with Crippen LogP contribution in [0.1, 0.15) is 52.7 Å². The number of carbonyl (C=O) groups is 2. The summed E-state index contributed by atoms with van der Waals surface area (Å²) in [6.45, 7) is 6.29. The van der Waals surface area contributed by atoms with Gasteiger partial charge in [-0.3, -0.25) is 14.1 Å². The van der Waals surface area contributed by atoms with Crippen LogP contribution in [0.5, 0.6) is 5.75 Å². The SMILES string of the molecule is Cc1nc(N=Nc2ccc(C(=O)NC(C)(C)C)cc2)c(COP(=O)(O)O)c(C=O)c1O. The minimum atomic E-state index is -4.85. The second kappa shape index (κ2) is 9.44. The summed E-state index contributed by atoms with van der Waals surface area (Å²) in [6, 6.07) is 6.20. The number of rotatable bonds is 7. The zero-order valence-electron chi connectivity index (χ0n) is 17.4. The number of pyridine rings is 1. The summed E-state index contributed by atoms with van der Waals surface area (Å²) in [7, 11) is -4.85. The molecule has 1 heterocycles. The Morgan fingerprint density at radius 3 is 2.35 bits per heavy atom. The van der Waals surface area contributed by atoms with E-state index in [4.69, 9.17) is 9.79 Å². The molecule has 166 valence electrons. The molecule has 1 aromatic heterocycles. The van der Waals surface area contributed by atoms with Crippen LogP contribution in [0.4, 0.5) is 11.5 Å². The number of aryl methyl sites for hydroxylation is 1. The molecule has 2 aromatic rings. The topological polar surface area (TPSA) is 171 Å². The quantitative estimate of drug-likeness (QED) is 0.282. The summed E-state index contributed by atoms with van der Waals surface area (Å²) < 4.78 is 15.5. The first-order valence-electron chi connectivity index (χ1n) is 9.03. The van der Waals surface area contributed by atoms with Gasteiger partial charge in [0.05, 0.1) is 23.6 Å². The van der Waals surface area contributed by atoms with Crippen molar-refractivity contribution in [3.05, 3.63) is 46.6 Å². The van der Waals surface area contributed by atoms with Crippen molar-refractivity contribution in [1.29, 1.82) is 0 Å². The summed E-state index contributed by atoms with van der Waals surface area (Å²) in [4.78, 5) is 45.5. The molecule has 0 bridgehead atoms. The summed E-state index contributed by atoms with van der Waals surface area (Å²) >= 11 is 0. The largest absolute Gasteiger partial charge is 0.505 e. The highest BCUT2D eigenvalue weighted by atomic mass is 31.2. The molecule has 0 atom stereocenters. The third-order valence-corrected chi connectivity index (χ3v) is 4.31. The van der Waals surface area contributed by atoms with Gasteiger partial charge in [0.2, 0.25) is 0 Å². The molecule has 0 saturated carbocycles. The first-order chi connectivity index (χ1) is 14.3. The van der Waals surface area contributed by atoms with Crippen molar-refractivity contribution in [3.8, 4) is 5.75 Å². The molecule has 0 radical (unpaired) electrons. The van der Waals surface area contributed by atoms with E-state index in [0.29, 0.717) is 17.5 Å². The maximum Gasteiger partial charge on any atom is 0.469 e. The van der Waals surface area contributed by atoms with Crippen LogP contribution in [0.3, 0.4) is 0 Å². The minimum absolute atomic E-state index is 0.0742. The zero-order valence-corrected chi connectivity index (χ0v) is 18.3. The Kier molecular flexibility index (Phi) is 7.40. The zero-order chi connectivity index (χ0) is 23.4. The van der Waals surface area contributed by atoms with Gasteiger partial charge < -0.3 is 20.2 Å². The van der Waals surface area contributed by atoms with Gasteiger partial charge >= 0.3 is 7.82 Å². The van der Waals surface area contributed by atoms with E-state index in [2.05, 4.69) is 25.1 Å². The molecule has 11 nitrogen and oxygen atoms in total. The lowest BCUT2D eigenvalue weighted by molar-refractivity contribution is 0.0919. The average molecular weight is 450 g/mol. The molecule has 1 amide bonds. The number of phosphoric acid groups is 1. The van der Waals surface area contributed by atoms with Crippen molar-refractivity contribution in [2.45, 2.75) is 39.8 Å². The Balaban J connectivity index is 2.34. The lowest BCUT2D eigenvalue weighted by atomic mass is 10.1. The molecule has 12 heteroatoms. The van der Waals surface area contributed by atoms with Crippen molar-refractivity contribution >= 4 is 31.5 Å². The highest BCUT2D eigenvalue weighted by molar-refractivity contribution is 7.46. The smallest absolute Gasteiger partial charge is 0.469 e. The first kappa shape index (κ1) is 24.3. The van der Waals surface area contributed by atoms with E-state index < -0.39 is 20.2 Å². The number of aldehydes is 1. The minimum Gasteiger partial charge on any atom is -0.505 e. The summed E-state index contributed by atoms with van der Waals surface area (Å²) in [5.41, 5.74) is 0.0705. The summed E-state index contributed by atoms with van der Waals surface area (Å²) in [5, 5.41) is 20.8. The number of aromatic nitrogens is 1. The monoisotopic (exact) mass is 450 g/mol. The van der Waals surface area contributed by atoms with Crippen LogP contribution < -0.4 is 5.32 Å². The van der Waals surface area contributed by atoms with E-state index in [1.54, 1.807) is 24.3 Å². The van der Waals surface area contributed by atoms with Crippen LogP contribution in [-0.2, 0) is 15.7 Å². The van der Waals surface area contributed by atoms with Crippen molar-refractivity contribution in [2.75, 3.05) is 0 Å². The fraction of sp³-hybridized carbons (Fsp3) is 0.316. The normalized spacial score (nSPS) is 12.2. The molecule has 0 aliphatic rings. The number of amides is 1. The van der Waals surface area contributed by atoms with E-state index in [1.165, 1.54) is 6.92 Å². The Morgan fingerprint density at radius 1 is 1.23 bits per heavy atom. The van der Waals surface area contributed by atoms with Gasteiger partial charge in [-0.2, -0.15) is 0 Å². The van der Waals surface area contributed by atoms with Crippen molar-refractivity contribution < 1.29 is 33.6 Å². The maximum atomic E-state index is 12.2. The van der Waals surface area contributed by atoms with Crippen LogP contribution in [0.2, 0.25) is 0 Å². The number of nitrogens with one attached hydrogen (secondary N) is 1. The third-order valence-electron chi connectivity index (χ3n) is 3.84. The van der Waals surface area contributed by atoms with E-state index in [9.17, 15) is 19.3 Å². The second-order valence-corrected chi connectivity index (χ2v) is 8.83. The van der Waals surface area contributed by atoms with Gasteiger partial charge in [0, 0.05) is 16.7 Å². The number of hydrogen-bond acceptors (Lipinski definition) is 8. The number of azo groups is 1. The van der Waals surface area contributed by atoms with Crippen molar-refractivity contribution in [3.63, 3.8) is 0 Å². The van der Waals surface area contributed by atoms with Gasteiger partial charge in [0.15, 0.2) is 12.1 Å². The number of benzene rings is 1.